The Morgan fingerprint density at radius 2 is 2.15 bits per heavy atom. The number of likely N-dealkylation sites (tertiary alicyclic amines) is 1. The van der Waals surface area contributed by atoms with Crippen LogP contribution in [0.25, 0.3) is 11.5 Å². The lowest BCUT2D eigenvalue weighted by Gasteiger charge is -2.24. The molecule has 1 saturated heterocycles. The summed E-state index contributed by atoms with van der Waals surface area (Å²) in [6.07, 6.45) is 8.70. The lowest BCUT2D eigenvalue weighted by Crippen LogP contribution is -2.36. The zero-order valence-electron chi connectivity index (χ0n) is 15.5. The van der Waals surface area contributed by atoms with Crippen molar-refractivity contribution in [3.05, 3.63) is 47.8 Å². The van der Waals surface area contributed by atoms with E-state index in [1.807, 2.05) is 31.0 Å². The number of pyridine rings is 1. The van der Waals surface area contributed by atoms with Crippen molar-refractivity contribution < 1.29 is 9.32 Å². The van der Waals surface area contributed by atoms with E-state index in [1.165, 1.54) is 0 Å². The fourth-order valence-corrected chi connectivity index (χ4v) is 3.63. The van der Waals surface area contributed by atoms with Gasteiger partial charge in [0.1, 0.15) is 0 Å². The Bertz CT molecular complexity index is 933. The van der Waals surface area contributed by atoms with Gasteiger partial charge in [0.15, 0.2) is 5.82 Å². The van der Waals surface area contributed by atoms with Gasteiger partial charge in [-0.25, -0.2) is 0 Å². The standard InChI is InChI=1S/C19H22N6O2/c1-13-16(12-24(2)22-13)19(26)25-11-3-4-15(25)5-6-17-21-18(27-23-17)14-7-9-20-10-8-14/h7-10,12,15H,3-6,11H2,1-2H3. The second-order valence-electron chi connectivity index (χ2n) is 6.89. The lowest BCUT2D eigenvalue weighted by atomic mass is 10.1. The summed E-state index contributed by atoms with van der Waals surface area (Å²) >= 11 is 0. The average Bonchev–Trinajstić information content (AvgIpc) is 3.40. The Morgan fingerprint density at radius 1 is 1.33 bits per heavy atom. The van der Waals surface area contributed by atoms with Gasteiger partial charge in [-0.2, -0.15) is 10.1 Å². The van der Waals surface area contributed by atoms with E-state index >= 15 is 0 Å². The summed E-state index contributed by atoms with van der Waals surface area (Å²) in [7, 11) is 1.84. The van der Waals surface area contributed by atoms with Crippen molar-refractivity contribution in [3.63, 3.8) is 0 Å². The van der Waals surface area contributed by atoms with E-state index in [2.05, 4.69) is 20.2 Å². The maximum Gasteiger partial charge on any atom is 0.258 e. The maximum atomic E-state index is 12.9. The molecule has 0 spiro atoms. The molecule has 27 heavy (non-hydrogen) atoms. The molecule has 8 nitrogen and oxygen atoms in total. The molecule has 4 rings (SSSR count). The summed E-state index contributed by atoms with van der Waals surface area (Å²) in [5.41, 5.74) is 2.31. The van der Waals surface area contributed by atoms with Crippen LogP contribution in [0.1, 0.15) is 41.1 Å². The Kier molecular flexibility index (Phi) is 4.70. The highest BCUT2D eigenvalue weighted by atomic mass is 16.5. The molecule has 140 valence electrons. The zero-order chi connectivity index (χ0) is 18.8. The number of carbonyl (C=O) groups is 1. The van der Waals surface area contributed by atoms with Crippen LogP contribution in [-0.4, -0.2) is 48.3 Å². The smallest absolute Gasteiger partial charge is 0.258 e. The number of rotatable bonds is 5. The zero-order valence-corrected chi connectivity index (χ0v) is 15.5. The van der Waals surface area contributed by atoms with Gasteiger partial charge in [-0.05, 0) is 38.3 Å². The molecule has 1 fully saturated rings. The lowest BCUT2D eigenvalue weighted by molar-refractivity contribution is 0.0729. The second kappa shape index (κ2) is 7.30. The molecule has 0 bridgehead atoms. The minimum atomic E-state index is 0.0636. The molecule has 0 aromatic carbocycles. The quantitative estimate of drug-likeness (QED) is 0.689. The van der Waals surface area contributed by atoms with Gasteiger partial charge in [0.2, 0.25) is 0 Å². The third kappa shape index (κ3) is 3.60. The molecular weight excluding hydrogens is 344 g/mol. The molecule has 3 aromatic rings. The number of aromatic nitrogens is 5. The van der Waals surface area contributed by atoms with Gasteiger partial charge >= 0.3 is 0 Å². The summed E-state index contributed by atoms with van der Waals surface area (Å²) in [6.45, 7) is 2.66. The molecule has 1 amide bonds. The minimum absolute atomic E-state index is 0.0636. The van der Waals surface area contributed by atoms with E-state index in [0.717, 1.165) is 37.1 Å². The minimum Gasteiger partial charge on any atom is -0.336 e. The third-order valence-electron chi connectivity index (χ3n) is 4.98. The van der Waals surface area contributed by atoms with Crippen LogP contribution in [0.15, 0.2) is 35.2 Å². The Hall–Kier alpha value is -3.03. The summed E-state index contributed by atoms with van der Waals surface area (Å²) < 4.78 is 7.04. The second-order valence-corrected chi connectivity index (χ2v) is 6.89. The van der Waals surface area contributed by atoms with Crippen LogP contribution in [-0.2, 0) is 13.5 Å². The van der Waals surface area contributed by atoms with Gasteiger partial charge in [-0.3, -0.25) is 14.5 Å². The molecule has 0 N–H and O–H groups in total. The molecule has 1 aliphatic rings. The van der Waals surface area contributed by atoms with Gasteiger partial charge in [0.05, 0.1) is 11.3 Å². The molecule has 1 atom stereocenters. The van der Waals surface area contributed by atoms with Crippen LogP contribution in [0.5, 0.6) is 0 Å². The summed E-state index contributed by atoms with van der Waals surface area (Å²) in [5, 5.41) is 8.36. The summed E-state index contributed by atoms with van der Waals surface area (Å²) in [5.74, 6) is 1.23. The van der Waals surface area contributed by atoms with E-state index in [1.54, 1.807) is 23.3 Å². The Labute approximate surface area is 157 Å². The first-order valence-corrected chi connectivity index (χ1v) is 9.16. The van der Waals surface area contributed by atoms with Crippen LogP contribution in [0.2, 0.25) is 0 Å². The monoisotopic (exact) mass is 366 g/mol. The van der Waals surface area contributed by atoms with Crippen molar-refractivity contribution in [2.45, 2.75) is 38.6 Å². The third-order valence-corrected chi connectivity index (χ3v) is 4.98. The maximum absolute atomic E-state index is 12.9. The van der Waals surface area contributed by atoms with Crippen molar-refractivity contribution in [2.75, 3.05) is 6.54 Å². The summed E-state index contributed by atoms with van der Waals surface area (Å²) in [4.78, 5) is 23.3. The highest BCUT2D eigenvalue weighted by Crippen LogP contribution is 2.25. The van der Waals surface area contributed by atoms with Crippen LogP contribution < -0.4 is 0 Å². The molecule has 4 heterocycles. The first kappa shape index (κ1) is 17.4. The molecular formula is C19H22N6O2. The molecule has 0 saturated carbocycles. The van der Waals surface area contributed by atoms with Crippen molar-refractivity contribution in [2.24, 2.45) is 7.05 Å². The van der Waals surface area contributed by atoms with Gasteiger partial charge in [-0.1, -0.05) is 5.16 Å². The van der Waals surface area contributed by atoms with E-state index < -0.39 is 0 Å². The molecule has 1 unspecified atom stereocenters. The number of nitrogens with zero attached hydrogens (tertiary/aromatic N) is 6. The topological polar surface area (TPSA) is 89.9 Å². The van der Waals surface area contributed by atoms with Crippen LogP contribution in [0.4, 0.5) is 0 Å². The first-order chi connectivity index (χ1) is 13.1. The van der Waals surface area contributed by atoms with Crippen molar-refractivity contribution in [3.8, 4) is 11.5 Å². The Morgan fingerprint density at radius 3 is 2.89 bits per heavy atom. The largest absolute Gasteiger partial charge is 0.336 e. The molecule has 0 radical (unpaired) electrons. The van der Waals surface area contributed by atoms with Crippen LogP contribution >= 0.6 is 0 Å². The number of hydrogen-bond acceptors (Lipinski definition) is 6. The predicted octanol–water partition coefficient (Wildman–Crippen LogP) is 2.41. The van der Waals surface area contributed by atoms with E-state index in [0.29, 0.717) is 23.7 Å². The van der Waals surface area contributed by atoms with Crippen LogP contribution in [0.3, 0.4) is 0 Å². The predicted molar refractivity (Wildman–Crippen MR) is 97.9 cm³/mol. The first-order valence-electron chi connectivity index (χ1n) is 9.16. The van der Waals surface area contributed by atoms with Gasteiger partial charge < -0.3 is 9.42 Å². The van der Waals surface area contributed by atoms with E-state index in [4.69, 9.17) is 4.52 Å². The number of amides is 1. The van der Waals surface area contributed by atoms with Crippen molar-refractivity contribution in [1.82, 2.24) is 29.8 Å². The van der Waals surface area contributed by atoms with Gasteiger partial charge in [-0.15, -0.1) is 0 Å². The molecule has 3 aromatic heterocycles. The molecule has 8 heteroatoms. The van der Waals surface area contributed by atoms with Crippen molar-refractivity contribution >= 4 is 5.91 Å². The highest BCUT2D eigenvalue weighted by molar-refractivity contribution is 5.95. The Balaban J connectivity index is 1.41. The number of aryl methyl sites for hydroxylation is 3. The van der Waals surface area contributed by atoms with E-state index in [-0.39, 0.29) is 11.9 Å². The average molecular weight is 366 g/mol. The fourth-order valence-electron chi connectivity index (χ4n) is 3.63. The fraction of sp³-hybridized carbons (Fsp3) is 0.421. The van der Waals surface area contributed by atoms with E-state index in [9.17, 15) is 4.79 Å². The number of carbonyl (C=O) groups excluding carboxylic acids is 1. The number of hydrogen-bond donors (Lipinski definition) is 0. The highest BCUT2D eigenvalue weighted by Gasteiger charge is 2.31. The van der Waals surface area contributed by atoms with Crippen molar-refractivity contribution in [1.29, 1.82) is 0 Å². The van der Waals surface area contributed by atoms with Gasteiger partial charge in [0.25, 0.3) is 11.8 Å². The van der Waals surface area contributed by atoms with Gasteiger partial charge in [0, 0.05) is 50.2 Å². The van der Waals surface area contributed by atoms with Crippen LogP contribution in [0, 0.1) is 6.92 Å². The normalized spacial score (nSPS) is 16.8. The summed E-state index contributed by atoms with van der Waals surface area (Å²) in [6, 6.07) is 3.87. The molecule has 1 aliphatic heterocycles. The molecule has 0 aliphatic carbocycles. The SMILES string of the molecule is Cc1nn(C)cc1C(=O)N1CCCC1CCc1noc(-c2ccncc2)n1.